The topological polar surface area (TPSA) is 12.9 Å². The van der Waals surface area contributed by atoms with Gasteiger partial charge < -0.3 is 0 Å². The van der Waals surface area contributed by atoms with E-state index >= 15 is 0 Å². The minimum atomic E-state index is -0.295. The third kappa shape index (κ3) is 1.85. The van der Waals surface area contributed by atoms with E-state index in [1.54, 1.807) is 18.2 Å². The van der Waals surface area contributed by atoms with Crippen LogP contribution in [-0.4, -0.2) is 4.98 Å². The van der Waals surface area contributed by atoms with E-state index in [4.69, 9.17) is 11.6 Å². The lowest BCUT2D eigenvalue weighted by Gasteiger charge is -2.07. The van der Waals surface area contributed by atoms with Gasteiger partial charge >= 0.3 is 0 Å². The number of nitrogens with zero attached hydrogens (tertiary/aromatic N) is 1. The maximum absolute atomic E-state index is 13.8. The van der Waals surface area contributed by atoms with E-state index in [1.165, 1.54) is 6.07 Å². The van der Waals surface area contributed by atoms with E-state index in [9.17, 15) is 4.39 Å². The molecule has 18 heavy (non-hydrogen) atoms. The number of pyridine rings is 1. The second-order valence-corrected chi connectivity index (χ2v) is 4.36. The number of para-hydroxylation sites is 1. The molecule has 0 unspecified atom stereocenters. The highest BCUT2D eigenvalue weighted by Gasteiger charge is 2.10. The summed E-state index contributed by atoms with van der Waals surface area (Å²) in [5, 5.41) is 1.26. The van der Waals surface area contributed by atoms with Gasteiger partial charge in [-0.25, -0.2) is 9.37 Å². The smallest absolute Gasteiger partial charge is 0.137 e. The van der Waals surface area contributed by atoms with Crippen molar-refractivity contribution in [2.75, 3.05) is 0 Å². The minimum Gasteiger partial charge on any atom is -0.235 e. The number of aromatic nitrogens is 1. The van der Waals surface area contributed by atoms with Crippen LogP contribution in [0.1, 0.15) is 0 Å². The zero-order valence-electron chi connectivity index (χ0n) is 9.40. The first-order valence-electron chi connectivity index (χ1n) is 5.56. The Hall–Kier alpha value is -1.93. The van der Waals surface area contributed by atoms with E-state index in [-0.39, 0.29) is 5.82 Å². The van der Waals surface area contributed by atoms with E-state index in [1.807, 2.05) is 30.3 Å². The molecule has 3 rings (SSSR count). The van der Waals surface area contributed by atoms with Crippen LogP contribution in [0.15, 0.2) is 54.6 Å². The van der Waals surface area contributed by atoms with Crippen LogP contribution in [0.2, 0.25) is 5.15 Å². The van der Waals surface area contributed by atoms with E-state index in [0.29, 0.717) is 16.3 Å². The zero-order valence-corrected chi connectivity index (χ0v) is 10.2. The highest BCUT2D eigenvalue weighted by atomic mass is 35.5. The molecular weight excluding hydrogens is 249 g/mol. The lowest BCUT2D eigenvalue weighted by molar-refractivity contribution is 0.631. The molecule has 0 atom stereocenters. The molecule has 3 aromatic rings. The van der Waals surface area contributed by atoms with Crippen LogP contribution in [0.25, 0.3) is 22.0 Å². The number of hydrogen-bond acceptors (Lipinski definition) is 1. The average Bonchev–Trinajstić information content (AvgIpc) is 2.39. The molecule has 0 N–H and O–H groups in total. The largest absolute Gasteiger partial charge is 0.235 e. The van der Waals surface area contributed by atoms with E-state index in [2.05, 4.69) is 4.98 Å². The lowest BCUT2D eigenvalue weighted by atomic mass is 10.0. The Kier molecular flexibility index (Phi) is 2.73. The first-order chi connectivity index (χ1) is 8.75. The van der Waals surface area contributed by atoms with Gasteiger partial charge in [0.2, 0.25) is 0 Å². The molecule has 88 valence electrons. The Bertz CT molecular complexity index is 725. The molecule has 0 radical (unpaired) electrons. The normalized spacial score (nSPS) is 10.8. The maximum Gasteiger partial charge on any atom is 0.137 e. The summed E-state index contributed by atoms with van der Waals surface area (Å²) in [6, 6.07) is 16.1. The highest BCUT2D eigenvalue weighted by molar-refractivity contribution is 6.32. The second kappa shape index (κ2) is 4.39. The second-order valence-electron chi connectivity index (χ2n) is 4.00. The quantitative estimate of drug-likeness (QED) is 0.576. The van der Waals surface area contributed by atoms with Crippen LogP contribution >= 0.6 is 11.6 Å². The molecular formula is C15H9ClFN. The Morgan fingerprint density at radius 1 is 0.889 bits per heavy atom. The third-order valence-electron chi connectivity index (χ3n) is 2.84. The van der Waals surface area contributed by atoms with Crippen LogP contribution in [0, 0.1) is 5.82 Å². The summed E-state index contributed by atoms with van der Waals surface area (Å²) >= 11 is 6.13. The Labute approximate surface area is 109 Å². The van der Waals surface area contributed by atoms with Gasteiger partial charge in [0.15, 0.2) is 0 Å². The molecule has 0 bridgehead atoms. The summed E-state index contributed by atoms with van der Waals surface area (Å²) in [6.45, 7) is 0. The van der Waals surface area contributed by atoms with Gasteiger partial charge in [0, 0.05) is 16.5 Å². The molecule has 0 saturated heterocycles. The minimum absolute atomic E-state index is 0.295. The molecule has 0 spiro atoms. The molecule has 0 amide bonds. The van der Waals surface area contributed by atoms with Gasteiger partial charge in [0.1, 0.15) is 11.0 Å². The predicted molar refractivity (Wildman–Crippen MR) is 72.1 cm³/mol. The van der Waals surface area contributed by atoms with Crippen molar-refractivity contribution in [2.45, 2.75) is 0 Å². The highest BCUT2D eigenvalue weighted by Crippen LogP contribution is 2.31. The van der Waals surface area contributed by atoms with Crippen LogP contribution in [0.5, 0.6) is 0 Å². The van der Waals surface area contributed by atoms with Gasteiger partial charge in [-0.05, 0) is 18.2 Å². The van der Waals surface area contributed by atoms with Gasteiger partial charge in [-0.15, -0.1) is 0 Å². The molecule has 0 saturated carbocycles. The molecule has 1 heterocycles. The number of halogens is 2. The predicted octanol–water partition coefficient (Wildman–Crippen LogP) is 4.69. The summed E-state index contributed by atoms with van der Waals surface area (Å²) in [5.74, 6) is -0.295. The van der Waals surface area contributed by atoms with Crippen molar-refractivity contribution in [2.24, 2.45) is 0 Å². The number of fused-ring (bicyclic) bond motifs is 1. The Balaban J connectivity index is 2.30. The van der Waals surface area contributed by atoms with E-state index in [0.717, 1.165) is 10.9 Å². The standard InChI is InChI=1S/C15H9ClFN/c16-15-12(11-6-2-3-7-13(11)17)9-10-5-1-4-8-14(10)18-15/h1-9H. The fourth-order valence-corrected chi connectivity index (χ4v) is 2.21. The molecule has 0 aliphatic carbocycles. The monoisotopic (exact) mass is 257 g/mol. The van der Waals surface area contributed by atoms with Gasteiger partial charge in [-0.1, -0.05) is 48.0 Å². The van der Waals surface area contributed by atoms with Crippen LogP contribution in [-0.2, 0) is 0 Å². The summed E-state index contributed by atoms with van der Waals surface area (Å²) in [6.07, 6.45) is 0. The van der Waals surface area contributed by atoms with Gasteiger partial charge in [-0.3, -0.25) is 0 Å². The fraction of sp³-hybridized carbons (Fsp3) is 0. The molecule has 2 aromatic carbocycles. The average molecular weight is 258 g/mol. The molecule has 0 aliphatic heterocycles. The van der Waals surface area contributed by atoms with Crippen molar-refractivity contribution < 1.29 is 4.39 Å². The SMILES string of the molecule is Fc1ccccc1-c1cc2ccccc2nc1Cl. The third-order valence-corrected chi connectivity index (χ3v) is 3.13. The molecule has 0 aliphatic rings. The van der Waals surface area contributed by atoms with Crippen molar-refractivity contribution in [3.8, 4) is 11.1 Å². The van der Waals surface area contributed by atoms with Gasteiger partial charge in [0.25, 0.3) is 0 Å². The van der Waals surface area contributed by atoms with Crippen LogP contribution in [0.4, 0.5) is 4.39 Å². The zero-order chi connectivity index (χ0) is 12.5. The lowest BCUT2D eigenvalue weighted by Crippen LogP contribution is -1.88. The summed E-state index contributed by atoms with van der Waals surface area (Å²) in [5.41, 5.74) is 1.90. The van der Waals surface area contributed by atoms with Gasteiger partial charge in [0.05, 0.1) is 5.52 Å². The van der Waals surface area contributed by atoms with Crippen molar-refractivity contribution in [3.63, 3.8) is 0 Å². The fourth-order valence-electron chi connectivity index (χ4n) is 1.96. The Morgan fingerprint density at radius 3 is 2.44 bits per heavy atom. The number of hydrogen-bond donors (Lipinski definition) is 0. The first-order valence-corrected chi connectivity index (χ1v) is 5.94. The maximum atomic E-state index is 13.8. The van der Waals surface area contributed by atoms with Crippen LogP contribution < -0.4 is 0 Å². The summed E-state index contributed by atoms with van der Waals surface area (Å²) < 4.78 is 13.8. The van der Waals surface area contributed by atoms with Crippen molar-refractivity contribution >= 4 is 22.5 Å². The van der Waals surface area contributed by atoms with Crippen molar-refractivity contribution in [1.29, 1.82) is 0 Å². The van der Waals surface area contributed by atoms with Crippen molar-refractivity contribution in [3.05, 3.63) is 65.6 Å². The van der Waals surface area contributed by atoms with E-state index < -0.39 is 0 Å². The molecule has 3 heteroatoms. The van der Waals surface area contributed by atoms with Gasteiger partial charge in [-0.2, -0.15) is 0 Å². The first kappa shape index (κ1) is 11.2. The number of rotatable bonds is 1. The molecule has 0 fully saturated rings. The molecule has 1 aromatic heterocycles. The Morgan fingerprint density at radius 2 is 1.61 bits per heavy atom. The molecule has 1 nitrogen and oxygen atoms in total. The van der Waals surface area contributed by atoms with Crippen molar-refractivity contribution in [1.82, 2.24) is 4.98 Å². The number of benzene rings is 2. The summed E-state index contributed by atoms with van der Waals surface area (Å²) in [4.78, 5) is 4.29. The summed E-state index contributed by atoms with van der Waals surface area (Å²) in [7, 11) is 0. The van der Waals surface area contributed by atoms with Crippen LogP contribution in [0.3, 0.4) is 0 Å².